The molecule has 0 saturated heterocycles. The van der Waals surface area contributed by atoms with Crippen LogP contribution in [0.4, 0.5) is 16.5 Å². The number of carbonyl (C=O) groups excluding carboxylic acids is 1. The maximum atomic E-state index is 12.5. The van der Waals surface area contributed by atoms with Crippen LogP contribution in [-0.4, -0.2) is 21.4 Å². The maximum Gasteiger partial charge on any atom is 0.237 e. The van der Waals surface area contributed by atoms with Crippen LogP contribution in [-0.2, 0) is 4.79 Å². The monoisotopic (exact) mass is 409 g/mol. The highest BCUT2D eigenvalue weighted by molar-refractivity contribution is 8.02. The van der Waals surface area contributed by atoms with Crippen molar-refractivity contribution in [2.45, 2.75) is 30.4 Å². The first-order valence-electron chi connectivity index (χ1n) is 8.60. The Morgan fingerprint density at radius 2 is 1.96 bits per heavy atom. The van der Waals surface area contributed by atoms with Crippen molar-refractivity contribution in [1.29, 1.82) is 5.26 Å². The average Bonchev–Trinajstić information content (AvgIpc) is 3.12. The van der Waals surface area contributed by atoms with Gasteiger partial charge in [-0.25, -0.2) is 0 Å². The number of hydrogen-bond acceptors (Lipinski definition) is 7. The number of rotatable bonds is 6. The smallest absolute Gasteiger partial charge is 0.237 e. The molecule has 28 heavy (non-hydrogen) atoms. The molecule has 1 heterocycles. The van der Waals surface area contributed by atoms with Gasteiger partial charge in [0.1, 0.15) is 6.07 Å². The molecule has 0 aliphatic rings. The molecule has 6 nitrogen and oxygen atoms in total. The van der Waals surface area contributed by atoms with Crippen molar-refractivity contribution in [2.24, 2.45) is 0 Å². The minimum Gasteiger partial charge on any atom is -0.330 e. The van der Waals surface area contributed by atoms with Gasteiger partial charge < -0.3 is 10.6 Å². The van der Waals surface area contributed by atoms with E-state index in [0.717, 1.165) is 5.69 Å². The second-order valence-corrected chi connectivity index (χ2v) is 8.77. The van der Waals surface area contributed by atoms with E-state index in [-0.39, 0.29) is 11.2 Å². The quantitative estimate of drug-likeness (QED) is 0.563. The van der Waals surface area contributed by atoms with E-state index in [4.69, 9.17) is 5.26 Å². The van der Waals surface area contributed by atoms with Gasteiger partial charge in [-0.3, -0.25) is 4.79 Å². The Morgan fingerprint density at radius 3 is 2.71 bits per heavy atom. The van der Waals surface area contributed by atoms with Gasteiger partial charge >= 0.3 is 0 Å². The summed E-state index contributed by atoms with van der Waals surface area (Å²) in [6.45, 7) is 5.93. The summed E-state index contributed by atoms with van der Waals surface area (Å²) in [5, 5.41) is 23.8. The Kier molecular flexibility index (Phi) is 6.29. The number of thioether (sulfide) groups is 1. The molecule has 3 rings (SSSR count). The normalized spacial score (nSPS) is 11.5. The molecule has 1 aromatic heterocycles. The highest BCUT2D eigenvalue weighted by Gasteiger charge is 2.18. The van der Waals surface area contributed by atoms with Gasteiger partial charge in [-0.2, -0.15) is 5.26 Å². The molecule has 142 valence electrons. The van der Waals surface area contributed by atoms with Crippen LogP contribution < -0.4 is 10.6 Å². The third-order valence-electron chi connectivity index (χ3n) is 4.12. The summed E-state index contributed by atoms with van der Waals surface area (Å²) in [5.74, 6) is -0.188. The third kappa shape index (κ3) is 4.88. The summed E-state index contributed by atoms with van der Waals surface area (Å²) in [5.41, 5.74) is 4.33. The minimum absolute atomic E-state index is 0.188. The van der Waals surface area contributed by atoms with Crippen LogP contribution in [0.15, 0.2) is 46.8 Å². The highest BCUT2D eigenvalue weighted by atomic mass is 32.2. The van der Waals surface area contributed by atoms with Crippen molar-refractivity contribution >= 4 is 45.5 Å². The van der Waals surface area contributed by atoms with Crippen LogP contribution in [0.1, 0.15) is 23.6 Å². The van der Waals surface area contributed by atoms with Gasteiger partial charge in [0, 0.05) is 5.69 Å². The standard InChI is InChI=1S/C20H19N5OS2/c1-12-8-9-16(10-13(12)2)22-19-24-25-20(28-19)27-14(3)18(26)23-17-7-5-4-6-15(17)11-21/h4-10,14H,1-3H3,(H,22,24)(H,23,26)/t14-/m0/s1. The fourth-order valence-electron chi connectivity index (χ4n) is 2.38. The summed E-state index contributed by atoms with van der Waals surface area (Å²) >= 11 is 2.73. The number of nitrogens with zero attached hydrogens (tertiary/aromatic N) is 3. The summed E-state index contributed by atoms with van der Waals surface area (Å²) < 4.78 is 0.697. The number of amides is 1. The predicted octanol–water partition coefficient (Wildman–Crippen LogP) is 4.89. The van der Waals surface area contributed by atoms with E-state index in [0.29, 0.717) is 20.7 Å². The predicted molar refractivity (Wildman–Crippen MR) is 114 cm³/mol. The molecular weight excluding hydrogens is 390 g/mol. The second-order valence-electron chi connectivity index (χ2n) is 6.20. The zero-order valence-electron chi connectivity index (χ0n) is 15.7. The van der Waals surface area contributed by atoms with Crippen LogP contribution in [0.5, 0.6) is 0 Å². The van der Waals surface area contributed by atoms with Crippen molar-refractivity contribution in [2.75, 3.05) is 10.6 Å². The van der Waals surface area contributed by atoms with Crippen molar-refractivity contribution < 1.29 is 4.79 Å². The Morgan fingerprint density at radius 1 is 1.18 bits per heavy atom. The van der Waals surface area contributed by atoms with E-state index in [2.05, 4.69) is 52.9 Å². The number of anilines is 3. The molecule has 0 aliphatic carbocycles. The zero-order chi connectivity index (χ0) is 20.1. The summed E-state index contributed by atoms with van der Waals surface area (Å²) in [6.07, 6.45) is 0. The largest absolute Gasteiger partial charge is 0.330 e. The molecule has 0 unspecified atom stereocenters. The first-order chi connectivity index (χ1) is 13.5. The molecule has 0 fully saturated rings. The summed E-state index contributed by atoms with van der Waals surface area (Å²) in [6, 6.07) is 15.1. The number of para-hydroxylation sites is 1. The van der Waals surface area contributed by atoms with E-state index in [1.165, 1.54) is 34.2 Å². The number of aromatic nitrogens is 2. The van der Waals surface area contributed by atoms with Crippen LogP contribution in [0.2, 0.25) is 0 Å². The zero-order valence-corrected chi connectivity index (χ0v) is 17.3. The van der Waals surface area contributed by atoms with Crippen molar-refractivity contribution in [3.05, 3.63) is 59.2 Å². The Balaban J connectivity index is 1.61. The first-order valence-corrected chi connectivity index (χ1v) is 10.3. The molecule has 1 amide bonds. The molecular formula is C20H19N5OS2. The van der Waals surface area contributed by atoms with Gasteiger partial charge in [-0.15, -0.1) is 10.2 Å². The Bertz CT molecular complexity index is 1040. The van der Waals surface area contributed by atoms with Gasteiger partial charge in [-0.05, 0) is 56.2 Å². The molecule has 0 aliphatic heterocycles. The molecule has 2 N–H and O–H groups in total. The lowest BCUT2D eigenvalue weighted by molar-refractivity contribution is -0.115. The van der Waals surface area contributed by atoms with Crippen molar-refractivity contribution in [3.63, 3.8) is 0 Å². The number of benzene rings is 2. The van der Waals surface area contributed by atoms with E-state index in [1.807, 2.05) is 6.07 Å². The molecule has 0 saturated carbocycles. The Labute approximate surface area is 172 Å². The van der Waals surface area contributed by atoms with E-state index >= 15 is 0 Å². The van der Waals surface area contributed by atoms with E-state index in [9.17, 15) is 4.79 Å². The maximum absolute atomic E-state index is 12.5. The third-order valence-corrected chi connectivity index (χ3v) is 6.14. The first kappa shape index (κ1) is 19.9. The van der Waals surface area contributed by atoms with Crippen LogP contribution in [0.3, 0.4) is 0 Å². The molecule has 3 aromatic rings. The Hall–Kier alpha value is -2.89. The van der Waals surface area contributed by atoms with Gasteiger partial charge in [-0.1, -0.05) is 41.3 Å². The van der Waals surface area contributed by atoms with Gasteiger partial charge in [0.2, 0.25) is 11.0 Å². The topological polar surface area (TPSA) is 90.7 Å². The second kappa shape index (κ2) is 8.87. The van der Waals surface area contributed by atoms with Gasteiger partial charge in [0.05, 0.1) is 16.5 Å². The van der Waals surface area contributed by atoms with Crippen molar-refractivity contribution in [3.8, 4) is 6.07 Å². The molecule has 0 bridgehead atoms. The molecule has 1 atom stereocenters. The minimum atomic E-state index is -0.380. The highest BCUT2D eigenvalue weighted by Crippen LogP contribution is 2.31. The van der Waals surface area contributed by atoms with Crippen LogP contribution >= 0.6 is 23.1 Å². The van der Waals surface area contributed by atoms with Gasteiger partial charge in [0.15, 0.2) is 4.34 Å². The van der Waals surface area contributed by atoms with E-state index in [1.54, 1.807) is 31.2 Å². The van der Waals surface area contributed by atoms with Crippen LogP contribution in [0, 0.1) is 25.2 Å². The van der Waals surface area contributed by atoms with E-state index < -0.39 is 0 Å². The fraction of sp³-hybridized carbons (Fsp3) is 0.200. The fourth-order valence-corrected chi connectivity index (χ4v) is 4.30. The van der Waals surface area contributed by atoms with Crippen molar-refractivity contribution in [1.82, 2.24) is 10.2 Å². The molecule has 2 aromatic carbocycles. The molecule has 0 radical (unpaired) electrons. The lowest BCUT2D eigenvalue weighted by Crippen LogP contribution is -2.22. The number of carbonyl (C=O) groups is 1. The molecule has 8 heteroatoms. The number of nitriles is 1. The average molecular weight is 410 g/mol. The van der Waals surface area contributed by atoms with Crippen LogP contribution in [0.25, 0.3) is 0 Å². The van der Waals surface area contributed by atoms with Gasteiger partial charge in [0.25, 0.3) is 0 Å². The SMILES string of the molecule is Cc1ccc(Nc2nnc(S[C@@H](C)C(=O)Nc3ccccc3C#N)s2)cc1C. The lowest BCUT2D eigenvalue weighted by atomic mass is 10.1. The number of aryl methyl sites for hydroxylation is 2. The summed E-state index contributed by atoms with van der Waals surface area (Å²) in [4.78, 5) is 12.5. The summed E-state index contributed by atoms with van der Waals surface area (Å²) in [7, 11) is 0. The number of hydrogen-bond donors (Lipinski definition) is 2. The lowest BCUT2D eigenvalue weighted by Gasteiger charge is -2.11. The number of nitrogens with one attached hydrogen (secondary N) is 2. The molecule has 0 spiro atoms.